The van der Waals surface area contributed by atoms with Crippen LogP contribution in [-0.4, -0.2) is 23.1 Å². The first-order valence-corrected chi connectivity index (χ1v) is 4.86. The molecule has 0 radical (unpaired) electrons. The van der Waals surface area contributed by atoms with Crippen molar-refractivity contribution >= 4 is 24.8 Å². The fraction of sp³-hybridized carbons (Fsp3) is 0.600. The lowest BCUT2D eigenvalue weighted by molar-refractivity contribution is 0.444. The van der Waals surface area contributed by atoms with Gasteiger partial charge < -0.3 is 5.32 Å². The first-order valence-electron chi connectivity index (χ1n) is 4.86. The van der Waals surface area contributed by atoms with E-state index in [1.165, 1.54) is 12.8 Å². The van der Waals surface area contributed by atoms with Gasteiger partial charge in [0.25, 0.3) is 0 Å². The molecule has 1 aliphatic heterocycles. The van der Waals surface area contributed by atoms with Gasteiger partial charge in [-0.05, 0) is 38.9 Å². The predicted molar refractivity (Wildman–Crippen MR) is 66.1 cm³/mol. The molecule has 1 saturated heterocycles. The van der Waals surface area contributed by atoms with Gasteiger partial charge in [0.15, 0.2) is 0 Å². The third kappa shape index (κ3) is 3.93. The molecule has 0 saturated carbocycles. The van der Waals surface area contributed by atoms with Crippen LogP contribution in [-0.2, 0) is 0 Å². The summed E-state index contributed by atoms with van der Waals surface area (Å²) in [6.45, 7) is 4.22. The Hall–Kier alpha value is -0.380. The highest BCUT2D eigenvalue weighted by Gasteiger charge is 2.17. The van der Waals surface area contributed by atoms with Gasteiger partial charge in [0.1, 0.15) is 5.82 Å². The Bertz CT molecular complexity index is 288. The maximum absolute atomic E-state index is 4.46. The number of piperidine rings is 1. The summed E-state index contributed by atoms with van der Waals surface area (Å²) in [4.78, 5) is 8.78. The second-order valence-electron chi connectivity index (χ2n) is 3.58. The quantitative estimate of drug-likeness (QED) is 0.829. The highest BCUT2D eigenvalue weighted by atomic mass is 35.5. The number of hydrogen-bond donors (Lipinski definition) is 1. The maximum atomic E-state index is 4.46. The molecule has 0 amide bonds. The van der Waals surface area contributed by atoms with Gasteiger partial charge in [0, 0.05) is 17.8 Å². The minimum absolute atomic E-state index is 0. The topological polar surface area (TPSA) is 37.8 Å². The van der Waals surface area contributed by atoms with Crippen molar-refractivity contribution in [2.75, 3.05) is 13.1 Å². The molecule has 0 aromatic carbocycles. The molecule has 5 heteroatoms. The Kier molecular flexibility index (Phi) is 6.81. The summed E-state index contributed by atoms with van der Waals surface area (Å²) in [5.41, 5.74) is 1.07. The third-order valence-electron chi connectivity index (χ3n) is 2.52. The van der Waals surface area contributed by atoms with Gasteiger partial charge in [-0.2, -0.15) is 0 Å². The summed E-state index contributed by atoms with van der Waals surface area (Å²) in [5.74, 6) is 1.60. The minimum Gasteiger partial charge on any atom is -0.317 e. The van der Waals surface area contributed by atoms with Gasteiger partial charge in [-0.3, -0.25) is 0 Å². The number of rotatable bonds is 1. The summed E-state index contributed by atoms with van der Waals surface area (Å²) in [7, 11) is 0. The van der Waals surface area contributed by atoms with Crippen molar-refractivity contribution in [1.29, 1.82) is 0 Å². The molecular formula is C10H17Cl2N3. The molecule has 1 fully saturated rings. The van der Waals surface area contributed by atoms with Gasteiger partial charge in [0.05, 0.1) is 0 Å². The summed E-state index contributed by atoms with van der Waals surface area (Å²) < 4.78 is 0. The van der Waals surface area contributed by atoms with E-state index in [0.29, 0.717) is 5.92 Å². The zero-order chi connectivity index (χ0) is 9.10. The molecule has 1 N–H and O–H groups in total. The zero-order valence-electron chi connectivity index (χ0n) is 8.77. The molecule has 1 aliphatic rings. The SMILES string of the molecule is Cc1ccnc(C2CCNCC2)n1.Cl.Cl. The average Bonchev–Trinajstić information content (AvgIpc) is 2.19. The molecular weight excluding hydrogens is 233 g/mol. The van der Waals surface area contributed by atoms with Crippen molar-refractivity contribution in [3.05, 3.63) is 23.8 Å². The van der Waals surface area contributed by atoms with E-state index in [2.05, 4.69) is 15.3 Å². The molecule has 3 nitrogen and oxygen atoms in total. The first kappa shape index (κ1) is 14.6. The van der Waals surface area contributed by atoms with Gasteiger partial charge in [0.2, 0.25) is 0 Å². The largest absolute Gasteiger partial charge is 0.317 e. The molecule has 0 aliphatic carbocycles. The lowest BCUT2D eigenvalue weighted by atomic mass is 9.97. The number of hydrogen-bond acceptors (Lipinski definition) is 3. The number of nitrogens with zero attached hydrogens (tertiary/aromatic N) is 2. The maximum Gasteiger partial charge on any atom is 0.131 e. The van der Waals surface area contributed by atoms with E-state index in [9.17, 15) is 0 Å². The van der Waals surface area contributed by atoms with Crippen LogP contribution < -0.4 is 5.32 Å². The van der Waals surface area contributed by atoms with Crippen molar-refractivity contribution in [3.63, 3.8) is 0 Å². The number of aromatic nitrogens is 2. The lowest BCUT2D eigenvalue weighted by Gasteiger charge is -2.21. The molecule has 0 atom stereocenters. The van der Waals surface area contributed by atoms with Crippen LogP contribution in [0.4, 0.5) is 0 Å². The molecule has 15 heavy (non-hydrogen) atoms. The smallest absolute Gasteiger partial charge is 0.131 e. The van der Waals surface area contributed by atoms with Crippen LogP contribution in [0.3, 0.4) is 0 Å². The van der Waals surface area contributed by atoms with Crippen LogP contribution in [0.5, 0.6) is 0 Å². The van der Waals surface area contributed by atoms with Crippen molar-refractivity contribution < 1.29 is 0 Å². The van der Waals surface area contributed by atoms with Crippen LogP contribution in [0.1, 0.15) is 30.3 Å². The lowest BCUT2D eigenvalue weighted by Crippen LogP contribution is -2.27. The zero-order valence-corrected chi connectivity index (χ0v) is 10.4. The minimum atomic E-state index is 0. The Morgan fingerprint density at radius 2 is 1.93 bits per heavy atom. The highest BCUT2D eigenvalue weighted by molar-refractivity contribution is 5.85. The van der Waals surface area contributed by atoms with Gasteiger partial charge in [-0.1, -0.05) is 0 Å². The second kappa shape index (κ2) is 6.99. The molecule has 2 rings (SSSR count). The Morgan fingerprint density at radius 1 is 1.27 bits per heavy atom. The average molecular weight is 250 g/mol. The van der Waals surface area contributed by atoms with Crippen LogP contribution in [0.15, 0.2) is 12.3 Å². The van der Waals surface area contributed by atoms with Crippen molar-refractivity contribution in [2.24, 2.45) is 0 Å². The summed E-state index contributed by atoms with van der Waals surface area (Å²) >= 11 is 0. The highest BCUT2D eigenvalue weighted by Crippen LogP contribution is 2.21. The molecule has 0 spiro atoms. The summed E-state index contributed by atoms with van der Waals surface area (Å²) in [6, 6.07) is 1.95. The van der Waals surface area contributed by atoms with Crippen LogP contribution in [0.2, 0.25) is 0 Å². The summed E-state index contributed by atoms with van der Waals surface area (Å²) in [6.07, 6.45) is 4.20. The molecule has 0 unspecified atom stereocenters. The van der Waals surface area contributed by atoms with Gasteiger partial charge >= 0.3 is 0 Å². The van der Waals surface area contributed by atoms with Gasteiger partial charge in [-0.15, -0.1) is 24.8 Å². The van der Waals surface area contributed by atoms with E-state index in [1.807, 2.05) is 19.2 Å². The molecule has 1 aromatic heterocycles. The van der Waals surface area contributed by atoms with Crippen molar-refractivity contribution in [2.45, 2.75) is 25.7 Å². The Morgan fingerprint density at radius 3 is 2.53 bits per heavy atom. The number of aryl methyl sites for hydroxylation is 1. The fourth-order valence-corrected chi connectivity index (χ4v) is 1.75. The van der Waals surface area contributed by atoms with Gasteiger partial charge in [-0.25, -0.2) is 9.97 Å². The molecule has 86 valence electrons. The van der Waals surface area contributed by atoms with Crippen molar-refractivity contribution in [3.8, 4) is 0 Å². The van der Waals surface area contributed by atoms with Crippen molar-refractivity contribution in [1.82, 2.24) is 15.3 Å². The third-order valence-corrected chi connectivity index (χ3v) is 2.52. The molecule has 0 bridgehead atoms. The monoisotopic (exact) mass is 249 g/mol. The van der Waals surface area contributed by atoms with E-state index < -0.39 is 0 Å². The second-order valence-corrected chi connectivity index (χ2v) is 3.58. The van der Waals surface area contributed by atoms with E-state index in [0.717, 1.165) is 24.6 Å². The Labute approximate surface area is 103 Å². The fourth-order valence-electron chi connectivity index (χ4n) is 1.75. The van der Waals surface area contributed by atoms with E-state index in [4.69, 9.17) is 0 Å². The van der Waals surface area contributed by atoms with E-state index in [1.54, 1.807) is 0 Å². The molecule has 2 heterocycles. The van der Waals surface area contributed by atoms with Crippen LogP contribution >= 0.6 is 24.8 Å². The number of nitrogens with one attached hydrogen (secondary N) is 1. The normalized spacial score (nSPS) is 16.3. The van der Waals surface area contributed by atoms with Crippen LogP contribution in [0, 0.1) is 6.92 Å². The van der Waals surface area contributed by atoms with Crippen LogP contribution in [0.25, 0.3) is 0 Å². The first-order chi connectivity index (χ1) is 6.36. The molecule has 1 aromatic rings. The standard InChI is InChI=1S/C10H15N3.2ClH/c1-8-2-7-12-10(13-8)9-3-5-11-6-4-9;;/h2,7,9,11H,3-6H2,1H3;2*1H. The van der Waals surface area contributed by atoms with E-state index in [-0.39, 0.29) is 24.8 Å². The number of halogens is 2. The summed E-state index contributed by atoms with van der Waals surface area (Å²) in [5, 5.41) is 3.34. The van der Waals surface area contributed by atoms with E-state index >= 15 is 0 Å². The predicted octanol–water partition coefficient (Wildman–Crippen LogP) is 2.10. The Balaban J connectivity index is 0.000000980.